The summed E-state index contributed by atoms with van der Waals surface area (Å²) in [7, 11) is 3.03. The van der Waals surface area contributed by atoms with Crippen molar-refractivity contribution in [1.82, 2.24) is 9.96 Å². The van der Waals surface area contributed by atoms with Crippen LogP contribution in [-0.4, -0.2) is 48.5 Å². The highest BCUT2D eigenvalue weighted by Gasteiger charge is 2.42. The van der Waals surface area contributed by atoms with Crippen molar-refractivity contribution in [3.8, 4) is 0 Å². The number of amides is 2. The number of hydrogen-bond acceptors (Lipinski definition) is 3. The van der Waals surface area contributed by atoms with Gasteiger partial charge in [0, 0.05) is 26.1 Å². The van der Waals surface area contributed by atoms with E-state index in [4.69, 9.17) is 4.84 Å². The Morgan fingerprint density at radius 1 is 1.53 bits per heavy atom. The van der Waals surface area contributed by atoms with Crippen LogP contribution >= 0.6 is 0 Å². The molecular formula is C10H16N2O3. The van der Waals surface area contributed by atoms with Gasteiger partial charge < -0.3 is 4.90 Å². The predicted molar refractivity (Wildman–Crippen MR) is 52.6 cm³/mol. The Balaban J connectivity index is 1.95. The fraction of sp³-hybridized carbons (Fsp3) is 0.800. The highest BCUT2D eigenvalue weighted by atomic mass is 16.7. The maximum absolute atomic E-state index is 11.7. The molecule has 5 heteroatoms. The molecule has 2 fully saturated rings. The summed E-state index contributed by atoms with van der Waals surface area (Å²) in [4.78, 5) is 30.0. The van der Waals surface area contributed by atoms with Crippen LogP contribution in [0.15, 0.2) is 0 Å². The second-order valence-corrected chi connectivity index (χ2v) is 4.20. The SMILES string of the molecule is CON(C)C(=O)C1CC(=O)N(C2CC2)C1. The monoisotopic (exact) mass is 212 g/mol. The molecule has 0 bridgehead atoms. The van der Waals surface area contributed by atoms with Crippen LogP contribution in [-0.2, 0) is 14.4 Å². The number of hydrogen-bond donors (Lipinski definition) is 0. The molecule has 1 atom stereocenters. The Bertz CT molecular complexity index is 288. The summed E-state index contributed by atoms with van der Waals surface area (Å²) in [5.74, 6) is -0.211. The summed E-state index contributed by atoms with van der Waals surface area (Å²) in [5, 5.41) is 1.20. The summed E-state index contributed by atoms with van der Waals surface area (Å²) in [6.07, 6.45) is 2.52. The van der Waals surface area contributed by atoms with Gasteiger partial charge in [-0.3, -0.25) is 14.4 Å². The third kappa shape index (κ3) is 1.97. The zero-order chi connectivity index (χ0) is 11.0. The summed E-state index contributed by atoms with van der Waals surface area (Å²) in [6, 6.07) is 0.406. The van der Waals surface area contributed by atoms with E-state index >= 15 is 0 Å². The number of carbonyl (C=O) groups excluding carboxylic acids is 2. The van der Waals surface area contributed by atoms with Crippen molar-refractivity contribution in [2.45, 2.75) is 25.3 Å². The van der Waals surface area contributed by atoms with E-state index in [2.05, 4.69) is 0 Å². The van der Waals surface area contributed by atoms with Gasteiger partial charge in [0.05, 0.1) is 13.0 Å². The van der Waals surface area contributed by atoms with Crippen molar-refractivity contribution >= 4 is 11.8 Å². The fourth-order valence-corrected chi connectivity index (χ4v) is 1.98. The van der Waals surface area contributed by atoms with Gasteiger partial charge >= 0.3 is 0 Å². The van der Waals surface area contributed by atoms with E-state index in [9.17, 15) is 9.59 Å². The zero-order valence-corrected chi connectivity index (χ0v) is 9.10. The molecule has 1 aliphatic carbocycles. The molecule has 1 heterocycles. The Morgan fingerprint density at radius 3 is 2.73 bits per heavy atom. The number of rotatable bonds is 3. The van der Waals surface area contributed by atoms with Gasteiger partial charge in [0.25, 0.3) is 5.91 Å². The van der Waals surface area contributed by atoms with Crippen molar-refractivity contribution in [2.75, 3.05) is 20.7 Å². The Kier molecular flexibility index (Phi) is 2.65. The molecule has 0 spiro atoms. The highest BCUT2D eigenvalue weighted by Crippen LogP contribution is 2.32. The molecule has 0 aromatic rings. The zero-order valence-electron chi connectivity index (χ0n) is 9.10. The van der Waals surface area contributed by atoms with Crippen molar-refractivity contribution in [2.24, 2.45) is 5.92 Å². The maximum Gasteiger partial charge on any atom is 0.251 e. The van der Waals surface area contributed by atoms with E-state index in [1.807, 2.05) is 4.90 Å². The van der Waals surface area contributed by atoms with Crippen molar-refractivity contribution < 1.29 is 14.4 Å². The molecule has 1 unspecified atom stereocenters. The van der Waals surface area contributed by atoms with Crippen LogP contribution in [0, 0.1) is 5.92 Å². The molecular weight excluding hydrogens is 196 g/mol. The normalized spacial score (nSPS) is 25.9. The lowest BCUT2D eigenvalue weighted by Crippen LogP contribution is -2.34. The van der Waals surface area contributed by atoms with E-state index in [0.717, 1.165) is 12.8 Å². The molecule has 1 saturated heterocycles. The van der Waals surface area contributed by atoms with Gasteiger partial charge in [0.15, 0.2) is 0 Å². The number of hydroxylamine groups is 2. The van der Waals surface area contributed by atoms with Crippen LogP contribution in [0.2, 0.25) is 0 Å². The van der Waals surface area contributed by atoms with Gasteiger partial charge in [-0.1, -0.05) is 0 Å². The smallest absolute Gasteiger partial charge is 0.251 e. The summed E-state index contributed by atoms with van der Waals surface area (Å²) in [6.45, 7) is 0.566. The summed E-state index contributed by atoms with van der Waals surface area (Å²) < 4.78 is 0. The van der Waals surface area contributed by atoms with E-state index in [1.165, 1.54) is 12.2 Å². The van der Waals surface area contributed by atoms with E-state index in [0.29, 0.717) is 19.0 Å². The topological polar surface area (TPSA) is 49.9 Å². The van der Waals surface area contributed by atoms with Crippen LogP contribution in [0.25, 0.3) is 0 Å². The van der Waals surface area contributed by atoms with Gasteiger partial charge in [-0.05, 0) is 12.8 Å². The van der Waals surface area contributed by atoms with Crippen molar-refractivity contribution in [1.29, 1.82) is 0 Å². The number of nitrogens with zero attached hydrogens (tertiary/aromatic N) is 2. The minimum atomic E-state index is -0.219. The summed E-state index contributed by atoms with van der Waals surface area (Å²) >= 11 is 0. The van der Waals surface area contributed by atoms with Crippen LogP contribution in [0.5, 0.6) is 0 Å². The predicted octanol–water partition coefficient (Wildman–Crippen LogP) is 0.0171. The lowest BCUT2D eigenvalue weighted by Gasteiger charge is -2.18. The van der Waals surface area contributed by atoms with Gasteiger partial charge in [-0.2, -0.15) is 0 Å². The standard InChI is InChI=1S/C10H16N2O3/c1-11(15-2)10(14)7-5-9(13)12(6-7)8-3-4-8/h7-8H,3-6H2,1-2H3. The number of carbonyl (C=O) groups is 2. The lowest BCUT2D eigenvalue weighted by molar-refractivity contribution is -0.173. The van der Waals surface area contributed by atoms with Crippen LogP contribution in [0.3, 0.4) is 0 Å². The largest absolute Gasteiger partial charge is 0.339 e. The second kappa shape index (κ2) is 3.81. The van der Waals surface area contributed by atoms with Crippen LogP contribution < -0.4 is 0 Å². The molecule has 0 aromatic heterocycles. The second-order valence-electron chi connectivity index (χ2n) is 4.20. The molecule has 84 valence electrons. The first-order valence-corrected chi connectivity index (χ1v) is 5.24. The average Bonchev–Trinajstić information content (AvgIpc) is 3.00. The first-order chi connectivity index (χ1) is 7.13. The van der Waals surface area contributed by atoms with Gasteiger partial charge in [0.1, 0.15) is 0 Å². The van der Waals surface area contributed by atoms with Crippen LogP contribution in [0.1, 0.15) is 19.3 Å². The minimum absolute atomic E-state index is 0.103. The van der Waals surface area contributed by atoms with E-state index in [-0.39, 0.29) is 17.7 Å². The van der Waals surface area contributed by atoms with Crippen molar-refractivity contribution in [3.05, 3.63) is 0 Å². The molecule has 2 amide bonds. The van der Waals surface area contributed by atoms with Crippen molar-refractivity contribution in [3.63, 3.8) is 0 Å². The molecule has 0 N–H and O–H groups in total. The molecule has 5 nitrogen and oxygen atoms in total. The Hall–Kier alpha value is -1.10. The van der Waals surface area contributed by atoms with E-state index in [1.54, 1.807) is 7.05 Å². The first kappa shape index (κ1) is 10.4. The summed E-state index contributed by atoms with van der Waals surface area (Å²) in [5.41, 5.74) is 0. The Morgan fingerprint density at radius 2 is 2.20 bits per heavy atom. The lowest BCUT2D eigenvalue weighted by atomic mass is 10.1. The molecule has 1 aliphatic heterocycles. The van der Waals surface area contributed by atoms with Gasteiger partial charge in [0.2, 0.25) is 5.91 Å². The quantitative estimate of drug-likeness (QED) is 0.619. The molecule has 0 radical (unpaired) electrons. The molecule has 1 saturated carbocycles. The fourth-order valence-electron chi connectivity index (χ4n) is 1.98. The third-order valence-corrected chi connectivity index (χ3v) is 3.08. The van der Waals surface area contributed by atoms with Gasteiger partial charge in [-0.15, -0.1) is 0 Å². The molecule has 2 aliphatic rings. The third-order valence-electron chi connectivity index (χ3n) is 3.08. The average molecular weight is 212 g/mol. The maximum atomic E-state index is 11.7. The Labute approximate surface area is 88.9 Å². The van der Waals surface area contributed by atoms with Gasteiger partial charge in [-0.25, -0.2) is 5.06 Å². The molecule has 2 rings (SSSR count). The molecule has 15 heavy (non-hydrogen) atoms. The minimum Gasteiger partial charge on any atom is -0.339 e. The highest BCUT2D eigenvalue weighted by molar-refractivity contribution is 5.89. The van der Waals surface area contributed by atoms with E-state index < -0.39 is 0 Å². The molecule has 0 aromatic carbocycles. The first-order valence-electron chi connectivity index (χ1n) is 5.24. The van der Waals surface area contributed by atoms with Crippen LogP contribution in [0.4, 0.5) is 0 Å². The number of likely N-dealkylation sites (tertiary alicyclic amines) is 1.